The lowest BCUT2D eigenvalue weighted by atomic mass is 9.86. The number of benzene rings is 1. The van der Waals surface area contributed by atoms with Gasteiger partial charge in [0.2, 0.25) is 0 Å². The van der Waals surface area contributed by atoms with Gasteiger partial charge < -0.3 is 0 Å². The van der Waals surface area contributed by atoms with Gasteiger partial charge in [0, 0.05) is 0 Å². The van der Waals surface area contributed by atoms with Crippen LogP contribution in [0, 0.1) is 24.1 Å². The van der Waals surface area contributed by atoms with Gasteiger partial charge in [-0.05, 0) is 86.1 Å². The van der Waals surface area contributed by atoms with Crippen LogP contribution in [0.15, 0.2) is 58.7 Å². The summed E-state index contributed by atoms with van der Waals surface area (Å²) in [5.74, 6) is -0.181. The predicted octanol–water partition coefficient (Wildman–Crippen LogP) is 6.43. The van der Waals surface area contributed by atoms with Gasteiger partial charge in [0.1, 0.15) is 5.82 Å². The van der Waals surface area contributed by atoms with E-state index in [1.165, 1.54) is 11.6 Å². The van der Waals surface area contributed by atoms with Gasteiger partial charge in [-0.25, -0.2) is 4.39 Å². The minimum absolute atomic E-state index is 0.181. The van der Waals surface area contributed by atoms with Crippen molar-refractivity contribution in [2.24, 2.45) is 0 Å². The van der Waals surface area contributed by atoms with Gasteiger partial charge in [0.05, 0.1) is 11.6 Å². The van der Waals surface area contributed by atoms with Crippen LogP contribution in [0.1, 0.15) is 51.2 Å². The molecule has 0 aliphatic heterocycles. The van der Waals surface area contributed by atoms with Crippen LogP contribution in [0.4, 0.5) is 4.39 Å². The van der Waals surface area contributed by atoms with E-state index in [9.17, 15) is 9.65 Å². The molecular formula is C22H24FN. The molecule has 0 spiro atoms. The molecule has 0 aromatic heterocycles. The van der Waals surface area contributed by atoms with Crippen molar-refractivity contribution in [3.05, 3.63) is 75.7 Å². The van der Waals surface area contributed by atoms with E-state index < -0.39 is 0 Å². The fraction of sp³-hybridized carbons (Fsp3) is 0.318. The molecule has 1 aliphatic rings. The molecule has 0 bridgehead atoms. The van der Waals surface area contributed by atoms with Crippen LogP contribution in [-0.4, -0.2) is 0 Å². The first-order valence-corrected chi connectivity index (χ1v) is 8.42. The number of allylic oxidation sites excluding steroid dienone is 8. The normalized spacial score (nSPS) is 16.1. The maximum atomic E-state index is 13.6. The molecule has 0 unspecified atom stereocenters. The highest BCUT2D eigenvalue weighted by atomic mass is 19.1. The minimum atomic E-state index is -0.181. The largest absolute Gasteiger partial charge is 0.207 e. The second-order valence-electron chi connectivity index (χ2n) is 6.29. The lowest BCUT2D eigenvalue weighted by Gasteiger charge is -2.18. The van der Waals surface area contributed by atoms with Crippen molar-refractivity contribution in [2.75, 3.05) is 0 Å². The van der Waals surface area contributed by atoms with Crippen LogP contribution in [0.2, 0.25) is 0 Å². The summed E-state index contributed by atoms with van der Waals surface area (Å²) < 4.78 is 13.6. The zero-order valence-corrected chi connectivity index (χ0v) is 14.9. The van der Waals surface area contributed by atoms with E-state index in [0.717, 1.165) is 47.1 Å². The molecule has 0 radical (unpaired) electrons. The molecule has 2 heteroatoms. The van der Waals surface area contributed by atoms with E-state index in [1.54, 1.807) is 6.92 Å². The zero-order chi connectivity index (χ0) is 17.7. The van der Waals surface area contributed by atoms with Crippen molar-refractivity contribution in [1.82, 2.24) is 0 Å². The third-order valence-electron chi connectivity index (χ3n) is 4.53. The van der Waals surface area contributed by atoms with Crippen molar-refractivity contribution < 1.29 is 4.39 Å². The van der Waals surface area contributed by atoms with E-state index in [2.05, 4.69) is 32.1 Å². The standard InChI is InChI=1S/C22H24FN/c1-5-6-7-21(19-9-8-15(2)20(13-19)14-24)17(4)18-10-11-22(23)16(3)12-18/h6-7,10-13H,5,8-9H2,1-4H3/b7-6-,21-17-. The van der Waals surface area contributed by atoms with E-state index >= 15 is 0 Å². The molecule has 0 N–H and O–H groups in total. The van der Waals surface area contributed by atoms with Gasteiger partial charge in [-0.15, -0.1) is 0 Å². The molecule has 1 aliphatic carbocycles. The number of hydrogen-bond acceptors (Lipinski definition) is 1. The van der Waals surface area contributed by atoms with E-state index in [1.807, 2.05) is 25.1 Å². The monoisotopic (exact) mass is 321 g/mol. The molecule has 1 aromatic carbocycles. The summed E-state index contributed by atoms with van der Waals surface area (Å²) in [4.78, 5) is 0. The third kappa shape index (κ3) is 3.92. The lowest BCUT2D eigenvalue weighted by Crippen LogP contribution is -2.00. The van der Waals surface area contributed by atoms with Crippen molar-refractivity contribution >= 4 is 5.57 Å². The SMILES string of the molecule is CC/C=C\C(C1=CC(C#N)=C(C)CC1)=C(/C)c1ccc(F)c(C)c1. The summed E-state index contributed by atoms with van der Waals surface area (Å²) in [6.45, 7) is 7.98. The first-order valence-electron chi connectivity index (χ1n) is 8.42. The fourth-order valence-electron chi connectivity index (χ4n) is 2.91. The molecule has 0 saturated heterocycles. The zero-order valence-electron chi connectivity index (χ0n) is 14.9. The molecular weight excluding hydrogens is 297 g/mol. The number of rotatable bonds is 4. The van der Waals surface area contributed by atoms with Gasteiger partial charge >= 0.3 is 0 Å². The minimum Gasteiger partial charge on any atom is -0.207 e. The Hall–Kier alpha value is -2.40. The number of hydrogen-bond donors (Lipinski definition) is 0. The Bertz CT molecular complexity index is 798. The van der Waals surface area contributed by atoms with Crippen molar-refractivity contribution in [3.8, 4) is 6.07 Å². The van der Waals surface area contributed by atoms with Gasteiger partial charge in [-0.2, -0.15) is 5.26 Å². The van der Waals surface area contributed by atoms with E-state index in [0.29, 0.717) is 5.56 Å². The molecule has 0 amide bonds. The summed E-state index contributed by atoms with van der Waals surface area (Å²) in [7, 11) is 0. The maximum absolute atomic E-state index is 13.6. The van der Waals surface area contributed by atoms with Crippen LogP contribution in [-0.2, 0) is 0 Å². The number of aryl methyl sites for hydroxylation is 1. The van der Waals surface area contributed by atoms with Crippen LogP contribution < -0.4 is 0 Å². The molecule has 0 atom stereocenters. The molecule has 1 nitrogen and oxygen atoms in total. The second kappa shape index (κ2) is 7.93. The Kier molecular flexibility index (Phi) is 5.93. The fourth-order valence-corrected chi connectivity index (χ4v) is 2.91. The molecule has 2 rings (SSSR count). The van der Waals surface area contributed by atoms with E-state index in [-0.39, 0.29) is 5.82 Å². The number of nitriles is 1. The molecule has 24 heavy (non-hydrogen) atoms. The third-order valence-corrected chi connectivity index (χ3v) is 4.53. The number of nitrogens with zero attached hydrogens (tertiary/aromatic N) is 1. The highest BCUT2D eigenvalue weighted by molar-refractivity contribution is 5.75. The Labute approximate surface area is 144 Å². The van der Waals surface area contributed by atoms with Crippen LogP contribution in [0.3, 0.4) is 0 Å². The first kappa shape index (κ1) is 17.9. The van der Waals surface area contributed by atoms with Crippen molar-refractivity contribution in [1.29, 1.82) is 5.26 Å². The Balaban J connectivity index is 2.58. The molecule has 124 valence electrons. The molecule has 1 aromatic rings. The summed E-state index contributed by atoms with van der Waals surface area (Å²) in [5.41, 5.74) is 7.03. The Morgan fingerprint density at radius 2 is 2.04 bits per heavy atom. The molecule has 0 saturated carbocycles. The summed E-state index contributed by atoms with van der Waals surface area (Å²) in [6, 6.07) is 7.54. The summed E-state index contributed by atoms with van der Waals surface area (Å²) in [5, 5.41) is 9.33. The number of halogens is 1. The quantitative estimate of drug-likeness (QED) is 0.586. The first-order chi connectivity index (χ1) is 11.5. The van der Waals surface area contributed by atoms with Crippen LogP contribution in [0.25, 0.3) is 5.57 Å². The van der Waals surface area contributed by atoms with Crippen LogP contribution in [0.5, 0.6) is 0 Å². The van der Waals surface area contributed by atoms with Crippen molar-refractivity contribution in [3.63, 3.8) is 0 Å². The van der Waals surface area contributed by atoms with Gasteiger partial charge in [-0.3, -0.25) is 0 Å². The summed E-state index contributed by atoms with van der Waals surface area (Å²) in [6.07, 6.45) is 9.06. The van der Waals surface area contributed by atoms with Gasteiger partial charge in [0.15, 0.2) is 0 Å². The smallest absolute Gasteiger partial charge is 0.126 e. The topological polar surface area (TPSA) is 23.8 Å². The second-order valence-corrected chi connectivity index (χ2v) is 6.29. The van der Waals surface area contributed by atoms with Crippen LogP contribution >= 0.6 is 0 Å². The van der Waals surface area contributed by atoms with Crippen molar-refractivity contribution in [2.45, 2.75) is 47.0 Å². The highest BCUT2D eigenvalue weighted by Crippen LogP contribution is 2.33. The summed E-state index contributed by atoms with van der Waals surface area (Å²) >= 11 is 0. The molecule has 0 heterocycles. The highest BCUT2D eigenvalue weighted by Gasteiger charge is 2.15. The average Bonchev–Trinajstić information content (AvgIpc) is 2.58. The maximum Gasteiger partial charge on any atom is 0.126 e. The Morgan fingerprint density at radius 3 is 2.67 bits per heavy atom. The van der Waals surface area contributed by atoms with Gasteiger partial charge in [0.25, 0.3) is 0 Å². The van der Waals surface area contributed by atoms with Gasteiger partial charge in [-0.1, -0.05) is 30.7 Å². The molecule has 0 fully saturated rings. The average molecular weight is 321 g/mol. The van der Waals surface area contributed by atoms with E-state index in [4.69, 9.17) is 0 Å². The lowest BCUT2D eigenvalue weighted by molar-refractivity contribution is 0.618. The predicted molar refractivity (Wildman–Crippen MR) is 98.8 cm³/mol. The Morgan fingerprint density at radius 1 is 1.29 bits per heavy atom.